The van der Waals surface area contributed by atoms with Crippen LogP contribution in [0.15, 0.2) is 0 Å². The number of carbonyl (C=O) groups excluding carboxylic acids is 1. The molecule has 5 atom stereocenters. The third-order valence-corrected chi connectivity index (χ3v) is 6.62. The highest BCUT2D eigenvalue weighted by molar-refractivity contribution is 6.17. The van der Waals surface area contributed by atoms with Crippen molar-refractivity contribution in [3.05, 3.63) is 0 Å². The lowest BCUT2D eigenvalue weighted by Gasteiger charge is -2.26. The number of rotatable bonds is 4. The van der Waals surface area contributed by atoms with Gasteiger partial charge < -0.3 is 4.90 Å². The molecule has 2 bridgehead atoms. The maximum Gasteiger partial charge on any atom is 0.226 e. The Kier molecular flexibility index (Phi) is 3.06. The summed E-state index contributed by atoms with van der Waals surface area (Å²) in [6.07, 6.45) is 8.83. The molecule has 0 N–H and O–H groups in total. The van der Waals surface area contributed by atoms with Crippen LogP contribution >= 0.6 is 11.6 Å². The topological polar surface area (TPSA) is 20.3 Å². The summed E-state index contributed by atoms with van der Waals surface area (Å²) in [4.78, 5) is 15.0. The van der Waals surface area contributed by atoms with Gasteiger partial charge in [0, 0.05) is 24.4 Å². The summed E-state index contributed by atoms with van der Waals surface area (Å²) in [5.41, 5.74) is 0. The van der Waals surface area contributed by atoms with Crippen molar-refractivity contribution in [2.45, 2.75) is 51.0 Å². The molecule has 0 aromatic rings. The second-order valence-corrected chi connectivity index (χ2v) is 7.55. The summed E-state index contributed by atoms with van der Waals surface area (Å²) in [5, 5.41) is 0. The standard InChI is InChI=1S/C16H24ClNO/c17-7-1-3-12-4-2-8-18(12)16(19)15-13-10-5-6-11(9-10)14(13)15/h10-15H,1-9H2. The monoisotopic (exact) mass is 281 g/mol. The average Bonchev–Trinajstić information content (AvgIpc) is 2.82. The van der Waals surface area contributed by atoms with Gasteiger partial charge in [-0.3, -0.25) is 4.79 Å². The fourth-order valence-electron chi connectivity index (χ4n) is 5.59. The SMILES string of the molecule is O=C(C1C2C3CCC(C3)C12)N1CCCC1CCCCl. The Morgan fingerprint density at radius 1 is 1.16 bits per heavy atom. The summed E-state index contributed by atoms with van der Waals surface area (Å²) >= 11 is 5.80. The van der Waals surface area contributed by atoms with Gasteiger partial charge in [0.05, 0.1) is 0 Å². The van der Waals surface area contributed by atoms with Gasteiger partial charge in [-0.05, 0) is 68.6 Å². The van der Waals surface area contributed by atoms with E-state index in [1.807, 2.05) is 0 Å². The second kappa shape index (κ2) is 4.65. The van der Waals surface area contributed by atoms with E-state index in [1.165, 1.54) is 32.1 Å². The average molecular weight is 282 g/mol. The predicted octanol–water partition coefficient (Wildman–Crippen LogP) is 3.29. The number of nitrogens with zero attached hydrogens (tertiary/aromatic N) is 1. The van der Waals surface area contributed by atoms with Crippen molar-refractivity contribution in [2.24, 2.45) is 29.6 Å². The smallest absolute Gasteiger partial charge is 0.226 e. The zero-order valence-electron chi connectivity index (χ0n) is 11.6. The molecule has 19 heavy (non-hydrogen) atoms. The van der Waals surface area contributed by atoms with Gasteiger partial charge in [-0.15, -0.1) is 11.6 Å². The van der Waals surface area contributed by atoms with E-state index in [-0.39, 0.29) is 0 Å². The van der Waals surface area contributed by atoms with Crippen LogP contribution in [-0.2, 0) is 4.79 Å². The Morgan fingerprint density at radius 3 is 2.58 bits per heavy atom. The Balaban J connectivity index is 1.41. The van der Waals surface area contributed by atoms with Crippen molar-refractivity contribution in [1.29, 1.82) is 0 Å². The number of likely N-dealkylation sites (tertiary alicyclic amines) is 1. The lowest BCUT2D eigenvalue weighted by atomic mass is 10.0. The zero-order chi connectivity index (χ0) is 13.0. The summed E-state index contributed by atoms with van der Waals surface area (Å²) in [6.45, 7) is 1.01. The Morgan fingerprint density at radius 2 is 1.89 bits per heavy atom. The molecule has 3 saturated carbocycles. The Labute approximate surface area is 120 Å². The van der Waals surface area contributed by atoms with Gasteiger partial charge in [0.1, 0.15) is 0 Å². The minimum Gasteiger partial charge on any atom is -0.339 e. The molecule has 0 spiro atoms. The molecule has 1 amide bonds. The minimum atomic E-state index is 0.433. The van der Waals surface area contributed by atoms with Crippen LogP contribution in [0.25, 0.3) is 0 Å². The van der Waals surface area contributed by atoms with Crippen LogP contribution in [0.4, 0.5) is 0 Å². The maximum absolute atomic E-state index is 12.8. The molecule has 4 aliphatic rings. The van der Waals surface area contributed by atoms with Gasteiger partial charge in [0.25, 0.3) is 0 Å². The lowest BCUT2D eigenvalue weighted by Crippen LogP contribution is -2.37. The van der Waals surface area contributed by atoms with E-state index < -0.39 is 0 Å². The third kappa shape index (κ3) is 1.86. The van der Waals surface area contributed by atoms with E-state index in [1.54, 1.807) is 0 Å². The van der Waals surface area contributed by atoms with E-state index in [0.29, 0.717) is 17.9 Å². The molecule has 1 heterocycles. The fourth-order valence-corrected chi connectivity index (χ4v) is 5.74. The highest BCUT2D eigenvalue weighted by Gasteiger charge is 2.68. The number of carbonyl (C=O) groups is 1. The highest BCUT2D eigenvalue weighted by atomic mass is 35.5. The first-order valence-electron chi connectivity index (χ1n) is 8.17. The van der Waals surface area contributed by atoms with E-state index >= 15 is 0 Å². The molecule has 2 nitrogen and oxygen atoms in total. The Hall–Kier alpha value is -0.240. The Bertz CT molecular complexity index is 369. The number of amides is 1. The van der Waals surface area contributed by atoms with Crippen molar-refractivity contribution >= 4 is 17.5 Å². The number of hydrogen-bond acceptors (Lipinski definition) is 1. The number of hydrogen-bond donors (Lipinski definition) is 0. The van der Waals surface area contributed by atoms with Crippen LogP contribution < -0.4 is 0 Å². The molecule has 3 heteroatoms. The van der Waals surface area contributed by atoms with E-state index in [9.17, 15) is 4.79 Å². The van der Waals surface area contributed by atoms with Crippen LogP contribution in [0, 0.1) is 29.6 Å². The lowest BCUT2D eigenvalue weighted by molar-refractivity contribution is -0.134. The molecule has 5 unspecified atom stereocenters. The molecular weight excluding hydrogens is 258 g/mol. The van der Waals surface area contributed by atoms with Crippen LogP contribution in [-0.4, -0.2) is 29.3 Å². The van der Waals surface area contributed by atoms with Gasteiger partial charge in [-0.1, -0.05) is 0 Å². The van der Waals surface area contributed by atoms with Crippen LogP contribution in [0.3, 0.4) is 0 Å². The molecule has 3 aliphatic carbocycles. The largest absolute Gasteiger partial charge is 0.339 e. The van der Waals surface area contributed by atoms with Crippen molar-refractivity contribution in [2.75, 3.05) is 12.4 Å². The molecule has 0 radical (unpaired) electrons. The van der Waals surface area contributed by atoms with Gasteiger partial charge in [-0.25, -0.2) is 0 Å². The summed E-state index contributed by atoms with van der Waals surface area (Å²) in [7, 11) is 0. The van der Waals surface area contributed by atoms with Gasteiger partial charge >= 0.3 is 0 Å². The molecule has 1 saturated heterocycles. The van der Waals surface area contributed by atoms with Crippen LogP contribution in [0.1, 0.15) is 44.9 Å². The van der Waals surface area contributed by atoms with E-state index in [4.69, 9.17) is 11.6 Å². The van der Waals surface area contributed by atoms with Gasteiger partial charge in [-0.2, -0.15) is 0 Å². The molecular formula is C16H24ClNO. The first-order valence-corrected chi connectivity index (χ1v) is 8.71. The van der Waals surface area contributed by atoms with Crippen LogP contribution in [0.5, 0.6) is 0 Å². The summed E-state index contributed by atoms with van der Waals surface area (Å²) in [5.74, 6) is 5.09. The fraction of sp³-hybridized carbons (Fsp3) is 0.938. The molecule has 4 rings (SSSR count). The molecule has 0 aromatic heterocycles. The van der Waals surface area contributed by atoms with Crippen molar-refractivity contribution in [3.8, 4) is 0 Å². The van der Waals surface area contributed by atoms with Crippen molar-refractivity contribution < 1.29 is 4.79 Å². The number of halogens is 1. The maximum atomic E-state index is 12.8. The first-order chi connectivity index (χ1) is 9.31. The van der Waals surface area contributed by atoms with E-state index in [2.05, 4.69) is 4.90 Å². The minimum absolute atomic E-state index is 0.433. The van der Waals surface area contributed by atoms with Gasteiger partial charge in [0.2, 0.25) is 5.91 Å². The van der Waals surface area contributed by atoms with Crippen molar-refractivity contribution in [3.63, 3.8) is 0 Å². The van der Waals surface area contributed by atoms with Gasteiger partial charge in [0.15, 0.2) is 0 Å². The zero-order valence-corrected chi connectivity index (χ0v) is 12.3. The second-order valence-electron chi connectivity index (χ2n) is 7.17. The normalized spacial score (nSPS) is 46.7. The number of alkyl halides is 1. The third-order valence-electron chi connectivity index (χ3n) is 6.35. The quantitative estimate of drug-likeness (QED) is 0.724. The highest BCUT2D eigenvalue weighted by Crippen LogP contribution is 2.69. The number of fused-ring (bicyclic) bond motifs is 5. The predicted molar refractivity (Wildman–Crippen MR) is 76.0 cm³/mol. The summed E-state index contributed by atoms with van der Waals surface area (Å²) in [6, 6.07) is 0.505. The molecule has 4 fully saturated rings. The first kappa shape index (κ1) is 12.5. The molecule has 0 aromatic carbocycles. The molecule has 106 valence electrons. The van der Waals surface area contributed by atoms with Crippen molar-refractivity contribution in [1.82, 2.24) is 4.90 Å². The summed E-state index contributed by atoms with van der Waals surface area (Å²) < 4.78 is 0. The molecule has 1 aliphatic heterocycles. The van der Waals surface area contributed by atoms with E-state index in [0.717, 1.165) is 48.9 Å². The van der Waals surface area contributed by atoms with Crippen LogP contribution in [0.2, 0.25) is 0 Å².